The van der Waals surface area contributed by atoms with Crippen molar-refractivity contribution in [1.82, 2.24) is 10.0 Å². The molecule has 0 unspecified atom stereocenters. The van der Waals surface area contributed by atoms with E-state index in [1.807, 2.05) is 12.1 Å². The lowest BCUT2D eigenvalue weighted by molar-refractivity contribution is -0.0498. The summed E-state index contributed by atoms with van der Waals surface area (Å²) >= 11 is 0. The van der Waals surface area contributed by atoms with Crippen LogP contribution in [0.3, 0.4) is 0 Å². The van der Waals surface area contributed by atoms with E-state index in [1.165, 1.54) is 19.2 Å². The highest BCUT2D eigenvalue weighted by atomic mass is 32.2. The Bertz CT molecular complexity index is 781. The highest BCUT2D eigenvalue weighted by Gasteiger charge is 2.11. The molecule has 0 saturated heterocycles. The van der Waals surface area contributed by atoms with Gasteiger partial charge in [0.1, 0.15) is 5.75 Å². The van der Waals surface area contributed by atoms with Gasteiger partial charge in [-0.15, -0.1) is 0 Å². The topological polar surface area (TPSA) is 67.4 Å². The first kappa shape index (κ1) is 19.3. The minimum Gasteiger partial charge on any atom is -0.435 e. The lowest BCUT2D eigenvalue weighted by atomic mass is 10.1. The SMILES string of the molecule is CNS(=O)(=O)Cc1ccccc1CNCc1ccc(OC(F)F)cc1. The van der Waals surface area contributed by atoms with Crippen LogP contribution in [-0.2, 0) is 28.9 Å². The average Bonchev–Trinajstić information content (AvgIpc) is 2.57. The van der Waals surface area contributed by atoms with Crippen molar-refractivity contribution in [2.75, 3.05) is 7.05 Å². The minimum atomic E-state index is -3.34. The quantitative estimate of drug-likeness (QED) is 0.712. The first-order chi connectivity index (χ1) is 11.9. The van der Waals surface area contributed by atoms with Crippen molar-refractivity contribution < 1.29 is 21.9 Å². The zero-order valence-corrected chi connectivity index (χ0v) is 14.5. The Morgan fingerprint density at radius 1 is 1.00 bits per heavy atom. The highest BCUT2D eigenvalue weighted by Crippen LogP contribution is 2.15. The third-order valence-electron chi connectivity index (χ3n) is 3.57. The van der Waals surface area contributed by atoms with E-state index in [9.17, 15) is 17.2 Å². The molecule has 8 heteroatoms. The maximum Gasteiger partial charge on any atom is 0.387 e. The van der Waals surface area contributed by atoms with Crippen molar-refractivity contribution in [2.45, 2.75) is 25.5 Å². The van der Waals surface area contributed by atoms with Gasteiger partial charge in [0.2, 0.25) is 10.0 Å². The molecule has 2 aromatic carbocycles. The molecule has 0 heterocycles. The number of ether oxygens (including phenoxy) is 1. The molecule has 0 aliphatic heterocycles. The lowest BCUT2D eigenvalue weighted by Gasteiger charge is -2.11. The summed E-state index contributed by atoms with van der Waals surface area (Å²) in [5.74, 6) is 0.0301. The Kier molecular flexibility index (Phi) is 6.86. The molecule has 0 saturated carbocycles. The molecule has 0 atom stereocenters. The van der Waals surface area contributed by atoms with Gasteiger partial charge < -0.3 is 10.1 Å². The van der Waals surface area contributed by atoms with E-state index < -0.39 is 16.6 Å². The molecular formula is C17H20F2N2O3S. The summed E-state index contributed by atoms with van der Waals surface area (Å²) in [4.78, 5) is 0. The molecule has 0 amide bonds. The van der Waals surface area contributed by atoms with Gasteiger partial charge in [0, 0.05) is 13.1 Å². The highest BCUT2D eigenvalue weighted by molar-refractivity contribution is 7.88. The summed E-state index contributed by atoms with van der Waals surface area (Å²) in [5.41, 5.74) is 2.52. The number of nitrogens with one attached hydrogen (secondary N) is 2. The maximum atomic E-state index is 12.1. The molecule has 25 heavy (non-hydrogen) atoms. The summed E-state index contributed by atoms with van der Waals surface area (Å²) < 4.78 is 54.3. The zero-order valence-electron chi connectivity index (χ0n) is 13.7. The van der Waals surface area contributed by atoms with Gasteiger partial charge in [-0.05, 0) is 35.9 Å². The van der Waals surface area contributed by atoms with Crippen LogP contribution < -0.4 is 14.8 Å². The molecule has 136 valence electrons. The fraction of sp³-hybridized carbons (Fsp3) is 0.294. The van der Waals surface area contributed by atoms with Crippen LogP contribution in [0.15, 0.2) is 48.5 Å². The molecular weight excluding hydrogens is 350 g/mol. The van der Waals surface area contributed by atoms with Crippen LogP contribution in [0.25, 0.3) is 0 Å². The number of sulfonamides is 1. The van der Waals surface area contributed by atoms with Crippen LogP contribution in [0.1, 0.15) is 16.7 Å². The van der Waals surface area contributed by atoms with Crippen LogP contribution in [0.2, 0.25) is 0 Å². The predicted octanol–water partition coefficient (Wildman–Crippen LogP) is 2.63. The van der Waals surface area contributed by atoms with Gasteiger partial charge in [0.05, 0.1) is 5.75 Å². The summed E-state index contributed by atoms with van der Waals surface area (Å²) in [6.07, 6.45) is 0. The van der Waals surface area contributed by atoms with Gasteiger partial charge in [0.15, 0.2) is 0 Å². The molecule has 0 aliphatic rings. The average molecular weight is 370 g/mol. The van der Waals surface area contributed by atoms with E-state index in [2.05, 4.69) is 14.8 Å². The Labute approximate surface area is 146 Å². The Morgan fingerprint density at radius 2 is 1.64 bits per heavy atom. The normalized spacial score (nSPS) is 11.7. The van der Waals surface area contributed by atoms with Gasteiger partial charge in [-0.25, -0.2) is 13.1 Å². The second-order valence-electron chi connectivity index (χ2n) is 5.36. The number of halogens is 2. The Balaban J connectivity index is 1.94. The molecule has 2 aromatic rings. The lowest BCUT2D eigenvalue weighted by Crippen LogP contribution is -2.22. The summed E-state index contributed by atoms with van der Waals surface area (Å²) in [5, 5.41) is 3.22. The molecule has 0 fully saturated rings. The number of benzene rings is 2. The van der Waals surface area contributed by atoms with E-state index >= 15 is 0 Å². The van der Waals surface area contributed by atoms with Crippen molar-refractivity contribution in [3.8, 4) is 5.75 Å². The van der Waals surface area contributed by atoms with E-state index in [0.29, 0.717) is 13.1 Å². The van der Waals surface area contributed by atoms with E-state index in [1.54, 1.807) is 24.3 Å². The fourth-order valence-corrected chi connectivity index (χ4v) is 3.11. The van der Waals surface area contributed by atoms with Crippen LogP contribution in [0.5, 0.6) is 5.75 Å². The van der Waals surface area contributed by atoms with E-state index in [4.69, 9.17) is 0 Å². The van der Waals surface area contributed by atoms with Gasteiger partial charge in [-0.3, -0.25) is 0 Å². The smallest absolute Gasteiger partial charge is 0.387 e. The molecule has 2 rings (SSSR count). The van der Waals surface area contributed by atoms with Crippen molar-refractivity contribution >= 4 is 10.0 Å². The first-order valence-electron chi connectivity index (χ1n) is 7.62. The third-order valence-corrected chi connectivity index (χ3v) is 4.88. The molecule has 0 spiro atoms. The Hall–Kier alpha value is -2.03. The second kappa shape index (κ2) is 8.89. The minimum absolute atomic E-state index is 0.0823. The molecule has 0 radical (unpaired) electrons. The molecule has 0 bridgehead atoms. The van der Waals surface area contributed by atoms with Gasteiger partial charge >= 0.3 is 6.61 Å². The van der Waals surface area contributed by atoms with Crippen LogP contribution in [0.4, 0.5) is 8.78 Å². The van der Waals surface area contributed by atoms with E-state index in [0.717, 1.165) is 16.7 Å². The largest absolute Gasteiger partial charge is 0.435 e. The summed E-state index contributed by atoms with van der Waals surface area (Å²) in [6, 6.07) is 13.7. The molecule has 5 nitrogen and oxygen atoms in total. The zero-order chi connectivity index (χ0) is 18.3. The van der Waals surface area contributed by atoms with Gasteiger partial charge in [0.25, 0.3) is 0 Å². The predicted molar refractivity (Wildman–Crippen MR) is 91.7 cm³/mol. The third kappa shape index (κ3) is 6.41. The monoisotopic (exact) mass is 370 g/mol. The van der Waals surface area contributed by atoms with Crippen molar-refractivity contribution in [1.29, 1.82) is 0 Å². The molecule has 2 N–H and O–H groups in total. The number of rotatable bonds is 9. The standard InChI is InChI=1S/C17H20F2N2O3S/c1-20-25(22,23)12-15-5-3-2-4-14(15)11-21-10-13-6-8-16(9-7-13)24-17(18)19/h2-9,17,20-21H,10-12H2,1H3. The Morgan fingerprint density at radius 3 is 2.24 bits per heavy atom. The van der Waals surface area contributed by atoms with E-state index in [-0.39, 0.29) is 11.5 Å². The van der Waals surface area contributed by atoms with Crippen molar-refractivity contribution in [3.05, 3.63) is 65.2 Å². The van der Waals surface area contributed by atoms with Crippen LogP contribution in [-0.4, -0.2) is 22.1 Å². The maximum absolute atomic E-state index is 12.1. The summed E-state index contributed by atoms with van der Waals surface area (Å²) in [6.45, 7) is -1.83. The number of hydrogen-bond donors (Lipinski definition) is 2. The summed E-state index contributed by atoms with van der Waals surface area (Å²) in [7, 11) is -1.95. The van der Waals surface area contributed by atoms with Crippen LogP contribution in [0, 0.1) is 0 Å². The molecule has 0 aromatic heterocycles. The first-order valence-corrected chi connectivity index (χ1v) is 9.27. The number of alkyl halides is 2. The second-order valence-corrected chi connectivity index (χ2v) is 7.28. The van der Waals surface area contributed by atoms with Crippen molar-refractivity contribution in [3.63, 3.8) is 0 Å². The van der Waals surface area contributed by atoms with Gasteiger partial charge in [-0.2, -0.15) is 8.78 Å². The van der Waals surface area contributed by atoms with Crippen LogP contribution >= 0.6 is 0 Å². The van der Waals surface area contributed by atoms with Crippen molar-refractivity contribution in [2.24, 2.45) is 0 Å². The fourth-order valence-electron chi connectivity index (χ4n) is 2.28. The number of hydrogen-bond acceptors (Lipinski definition) is 4. The molecule has 0 aliphatic carbocycles. The van der Waals surface area contributed by atoms with Gasteiger partial charge in [-0.1, -0.05) is 36.4 Å².